The number of carbonyl (C=O) groups excluding carboxylic acids is 1. The van der Waals surface area contributed by atoms with Gasteiger partial charge in [0.2, 0.25) is 0 Å². The maximum Gasteiger partial charge on any atom is 0.335 e. The number of amides is 2. The molecule has 0 bridgehead atoms. The molecule has 0 saturated heterocycles. The van der Waals surface area contributed by atoms with Crippen molar-refractivity contribution in [1.82, 2.24) is 15.6 Å². The fraction of sp³-hybridized carbons (Fsp3) is 0.312. The lowest BCUT2D eigenvalue weighted by Gasteiger charge is -2.07. The molecular formula is C16H19N3O3S. The molecule has 1 heterocycles. The van der Waals surface area contributed by atoms with Gasteiger partial charge in [-0.2, -0.15) is 0 Å². The van der Waals surface area contributed by atoms with Crippen LogP contribution in [0.3, 0.4) is 0 Å². The van der Waals surface area contributed by atoms with E-state index in [1.165, 1.54) is 17.0 Å². The van der Waals surface area contributed by atoms with Gasteiger partial charge in [0.25, 0.3) is 0 Å². The Kier molecular flexibility index (Phi) is 6.10. The highest BCUT2D eigenvalue weighted by Gasteiger charge is 2.05. The molecule has 1 aromatic carbocycles. The lowest BCUT2D eigenvalue weighted by atomic mass is 10.1. The van der Waals surface area contributed by atoms with Crippen LogP contribution in [0.15, 0.2) is 30.5 Å². The molecule has 0 spiro atoms. The van der Waals surface area contributed by atoms with Crippen molar-refractivity contribution in [2.45, 2.75) is 26.3 Å². The van der Waals surface area contributed by atoms with Gasteiger partial charge in [-0.25, -0.2) is 14.6 Å². The van der Waals surface area contributed by atoms with Crippen molar-refractivity contribution < 1.29 is 14.7 Å². The van der Waals surface area contributed by atoms with Crippen molar-refractivity contribution in [3.8, 4) is 0 Å². The summed E-state index contributed by atoms with van der Waals surface area (Å²) in [5.74, 6) is -0.962. The van der Waals surface area contributed by atoms with Crippen LogP contribution in [-0.2, 0) is 19.4 Å². The molecule has 0 saturated carbocycles. The Morgan fingerprint density at radius 1 is 1.22 bits per heavy atom. The molecule has 6 nitrogen and oxygen atoms in total. The number of carboxylic acid groups (broad SMARTS) is 1. The monoisotopic (exact) mass is 333 g/mol. The Morgan fingerprint density at radius 3 is 2.57 bits per heavy atom. The molecule has 122 valence electrons. The number of hydrogen-bond acceptors (Lipinski definition) is 4. The van der Waals surface area contributed by atoms with Crippen LogP contribution >= 0.6 is 11.3 Å². The average Bonchev–Trinajstić information content (AvgIpc) is 3.01. The van der Waals surface area contributed by atoms with Gasteiger partial charge in [-0.05, 0) is 24.1 Å². The molecule has 2 aromatic rings. The molecule has 0 aliphatic carbocycles. The molecule has 0 atom stereocenters. The third-order valence-corrected chi connectivity index (χ3v) is 4.43. The van der Waals surface area contributed by atoms with Gasteiger partial charge in [-0.15, -0.1) is 11.3 Å². The molecule has 0 aliphatic heterocycles. The normalized spacial score (nSPS) is 10.3. The maximum atomic E-state index is 11.7. The first-order valence-electron chi connectivity index (χ1n) is 7.36. The zero-order valence-corrected chi connectivity index (χ0v) is 13.7. The summed E-state index contributed by atoms with van der Waals surface area (Å²) in [7, 11) is 0. The number of aryl methyl sites for hydroxylation is 1. The quantitative estimate of drug-likeness (QED) is 0.726. The Labute approximate surface area is 138 Å². The highest BCUT2D eigenvalue weighted by molar-refractivity contribution is 7.11. The Morgan fingerprint density at radius 2 is 1.96 bits per heavy atom. The number of carbonyl (C=O) groups is 2. The first-order chi connectivity index (χ1) is 11.1. The van der Waals surface area contributed by atoms with Gasteiger partial charge in [0.15, 0.2) is 0 Å². The number of hydrogen-bond donors (Lipinski definition) is 3. The van der Waals surface area contributed by atoms with Crippen LogP contribution in [0.1, 0.15) is 32.7 Å². The summed E-state index contributed by atoms with van der Waals surface area (Å²) in [4.78, 5) is 28.0. The van der Waals surface area contributed by atoms with E-state index in [1.54, 1.807) is 23.5 Å². The number of rotatable bonds is 7. The molecule has 1 aromatic heterocycles. The molecule has 0 unspecified atom stereocenters. The molecule has 3 N–H and O–H groups in total. The van der Waals surface area contributed by atoms with E-state index in [-0.39, 0.29) is 11.6 Å². The summed E-state index contributed by atoms with van der Waals surface area (Å²) in [6.45, 7) is 2.97. The lowest BCUT2D eigenvalue weighted by Crippen LogP contribution is -2.36. The van der Waals surface area contributed by atoms with E-state index in [9.17, 15) is 9.59 Å². The molecular weight excluding hydrogens is 314 g/mol. The summed E-state index contributed by atoms with van der Waals surface area (Å²) in [6.07, 6.45) is 3.57. The number of carboxylic acids is 1. The number of benzene rings is 1. The van der Waals surface area contributed by atoms with Crippen LogP contribution in [-0.4, -0.2) is 28.6 Å². The number of aromatic nitrogens is 1. The minimum Gasteiger partial charge on any atom is -0.478 e. The minimum atomic E-state index is -0.962. The molecule has 23 heavy (non-hydrogen) atoms. The fourth-order valence-electron chi connectivity index (χ4n) is 1.92. The SMILES string of the molecule is CCc1cnc(CCNC(=O)NCc2ccc(C(=O)O)cc2)s1. The van der Waals surface area contributed by atoms with Crippen LogP contribution in [0.4, 0.5) is 4.79 Å². The predicted octanol–water partition coefficient (Wildman–Crippen LogP) is 2.45. The molecule has 7 heteroatoms. The van der Waals surface area contributed by atoms with Gasteiger partial charge in [-0.3, -0.25) is 0 Å². The van der Waals surface area contributed by atoms with Crippen LogP contribution in [0.25, 0.3) is 0 Å². The largest absolute Gasteiger partial charge is 0.478 e. The molecule has 2 amide bonds. The first kappa shape index (κ1) is 17.0. The summed E-state index contributed by atoms with van der Waals surface area (Å²) in [5.41, 5.74) is 1.07. The number of nitrogens with one attached hydrogen (secondary N) is 2. The van der Waals surface area contributed by atoms with Crippen LogP contribution in [0, 0.1) is 0 Å². The number of urea groups is 1. The lowest BCUT2D eigenvalue weighted by molar-refractivity contribution is 0.0697. The summed E-state index contributed by atoms with van der Waals surface area (Å²) < 4.78 is 0. The molecule has 0 radical (unpaired) electrons. The van der Waals surface area contributed by atoms with Crippen molar-refractivity contribution in [3.05, 3.63) is 51.5 Å². The second-order valence-corrected chi connectivity index (χ2v) is 6.14. The van der Waals surface area contributed by atoms with E-state index in [0.717, 1.165) is 17.0 Å². The van der Waals surface area contributed by atoms with E-state index in [0.29, 0.717) is 19.5 Å². The summed E-state index contributed by atoms with van der Waals surface area (Å²) >= 11 is 1.67. The van der Waals surface area contributed by atoms with E-state index >= 15 is 0 Å². The van der Waals surface area contributed by atoms with Crippen LogP contribution in [0.5, 0.6) is 0 Å². The third kappa shape index (κ3) is 5.37. The van der Waals surface area contributed by atoms with Gasteiger partial charge in [0.1, 0.15) is 0 Å². The number of thiazole rings is 1. The molecule has 2 rings (SSSR count). The maximum absolute atomic E-state index is 11.7. The summed E-state index contributed by atoms with van der Waals surface area (Å²) in [5, 5.41) is 15.4. The van der Waals surface area contributed by atoms with Crippen molar-refractivity contribution in [2.75, 3.05) is 6.54 Å². The number of aromatic carboxylic acids is 1. The van der Waals surface area contributed by atoms with E-state index in [2.05, 4.69) is 22.5 Å². The highest BCUT2D eigenvalue weighted by atomic mass is 32.1. The second-order valence-electron chi connectivity index (χ2n) is 4.94. The minimum absolute atomic E-state index is 0.230. The smallest absolute Gasteiger partial charge is 0.335 e. The molecule has 0 fully saturated rings. The van der Waals surface area contributed by atoms with E-state index in [4.69, 9.17) is 5.11 Å². The van der Waals surface area contributed by atoms with Gasteiger partial charge < -0.3 is 15.7 Å². The van der Waals surface area contributed by atoms with Gasteiger partial charge in [0, 0.05) is 30.6 Å². The van der Waals surface area contributed by atoms with Crippen molar-refractivity contribution in [3.63, 3.8) is 0 Å². The topological polar surface area (TPSA) is 91.3 Å². The van der Waals surface area contributed by atoms with Crippen molar-refractivity contribution >= 4 is 23.3 Å². The highest BCUT2D eigenvalue weighted by Crippen LogP contribution is 2.13. The zero-order valence-electron chi connectivity index (χ0n) is 12.8. The van der Waals surface area contributed by atoms with Gasteiger partial charge >= 0.3 is 12.0 Å². The number of nitrogens with zero attached hydrogens (tertiary/aromatic N) is 1. The Balaban J connectivity index is 1.69. The average molecular weight is 333 g/mol. The van der Waals surface area contributed by atoms with E-state index < -0.39 is 5.97 Å². The predicted molar refractivity (Wildman–Crippen MR) is 88.8 cm³/mol. The van der Waals surface area contributed by atoms with Crippen molar-refractivity contribution in [1.29, 1.82) is 0 Å². The second kappa shape index (κ2) is 8.28. The van der Waals surface area contributed by atoms with Crippen LogP contribution in [0.2, 0.25) is 0 Å². The first-order valence-corrected chi connectivity index (χ1v) is 8.17. The van der Waals surface area contributed by atoms with Crippen molar-refractivity contribution in [2.24, 2.45) is 0 Å². The van der Waals surface area contributed by atoms with Gasteiger partial charge in [-0.1, -0.05) is 19.1 Å². The Hall–Kier alpha value is -2.41. The third-order valence-electron chi connectivity index (χ3n) is 3.23. The van der Waals surface area contributed by atoms with Gasteiger partial charge in [0.05, 0.1) is 10.6 Å². The summed E-state index contributed by atoms with van der Waals surface area (Å²) in [6, 6.07) is 6.16. The zero-order chi connectivity index (χ0) is 16.7. The van der Waals surface area contributed by atoms with Crippen LogP contribution < -0.4 is 10.6 Å². The fourth-order valence-corrected chi connectivity index (χ4v) is 2.78. The standard InChI is InChI=1S/C16H19N3O3S/c1-2-13-10-18-14(23-13)7-8-17-16(22)19-9-11-3-5-12(6-4-11)15(20)21/h3-6,10H,2,7-9H2,1H3,(H,20,21)(H2,17,19,22). The Bertz CT molecular complexity index is 667. The van der Waals surface area contributed by atoms with E-state index in [1.807, 2.05) is 6.20 Å². The molecule has 0 aliphatic rings.